The molecule has 1 aromatic carbocycles. The quantitative estimate of drug-likeness (QED) is 0.401. The standard InChI is InChI=1S/C20H29N3O3/c1-22(2)17-10-8-15(9-11-17)13-16-14-19(25)23(20(16)26)18(24)7-5-3-4-6-12-21/h8-11,13,18,24H,3-7,12,14,21H2,1-2H3/b16-13+. The molecule has 0 aromatic heterocycles. The van der Waals surface area contributed by atoms with Crippen LogP contribution in [0, 0.1) is 0 Å². The number of anilines is 1. The van der Waals surface area contributed by atoms with Crippen molar-refractivity contribution < 1.29 is 14.7 Å². The minimum absolute atomic E-state index is 0.0402. The first-order chi connectivity index (χ1) is 12.4. The molecule has 1 atom stereocenters. The highest BCUT2D eigenvalue weighted by Crippen LogP contribution is 2.25. The zero-order valence-corrected chi connectivity index (χ0v) is 15.6. The molecule has 26 heavy (non-hydrogen) atoms. The maximum absolute atomic E-state index is 12.5. The molecule has 1 heterocycles. The van der Waals surface area contributed by atoms with Crippen LogP contribution in [0.5, 0.6) is 0 Å². The minimum Gasteiger partial charge on any atom is -0.378 e. The number of carbonyl (C=O) groups excluding carboxylic acids is 2. The van der Waals surface area contributed by atoms with Crippen LogP contribution in [0.4, 0.5) is 5.69 Å². The van der Waals surface area contributed by atoms with Crippen molar-refractivity contribution in [3.63, 3.8) is 0 Å². The number of aliphatic hydroxyl groups is 1. The summed E-state index contributed by atoms with van der Waals surface area (Å²) in [5.41, 5.74) is 7.81. The number of carbonyl (C=O) groups is 2. The van der Waals surface area contributed by atoms with Gasteiger partial charge in [0.2, 0.25) is 5.91 Å². The van der Waals surface area contributed by atoms with E-state index in [1.54, 1.807) is 6.08 Å². The van der Waals surface area contributed by atoms with E-state index in [-0.39, 0.29) is 18.2 Å². The van der Waals surface area contributed by atoms with Gasteiger partial charge in [0.1, 0.15) is 6.23 Å². The van der Waals surface area contributed by atoms with Crippen molar-refractivity contribution >= 4 is 23.6 Å². The Morgan fingerprint density at radius 3 is 2.42 bits per heavy atom. The molecule has 1 aliphatic rings. The van der Waals surface area contributed by atoms with Crippen molar-refractivity contribution in [2.75, 3.05) is 25.5 Å². The fraction of sp³-hybridized carbons (Fsp3) is 0.500. The second-order valence-corrected chi connectivity index (χ2v) is 6.87. The van der Waals surface area contributed by atoms with Crippen molar-refractivity contribution in [2.24, 2.45) is 5.73 Å². The number of imide groups is 1. The monoisotopic (exact) mass is 359 g/mol. The van der Waals surface area contributed by atoms with Crippen molar-refractivity contribution in [1.82, 2.24) is 4.90 Å². The number of rotatable bonds is 9. The maximum Gasteiger partial charge on any atom is 0.259 e. The van der Waals surface area contributed by atoms with Gasteiger partial charge in [-0.1, -0.05) is 25.0 Å². The van der Waals surface area contributed by atoms with E-state index >= 15 is 0 Å². The molecular formula is C20H29N3O3. The van der Waals surface area contributed by atoms with Gasteiger partial charge in [-0.2, -0.15) is 0 Å². The van der Waals surface area contributed by atoms with Crippen LogP contribution in [0.15, 0.2) is 29.8 Å². The van der Waals surface area contributed by atoms with Gasteiger partial charge in [0.15, 0.2) is 0 Å². The molecular weight excluding hydrogens is 330 g/mol. The molecule has 6 nitrogen and oxygen atoms in total. The van der Waals surface area contributed by atoms with E-state index in [4.69, 9.17) is 5.73 Å². The van der Waals surface area contributed by atoms with Crippen LogP contribution < -0.4 is 10.6 Å². The second-order valence-electron chi connectivity index (χ2n) is 6.87. The van der Waals surface area contributed by atoms with Gasteiger partial charge in [0, 0.05) is 25.4 Å². The smallest absolute Gasteiger partial charge is 0.259 e. The fourth-order valence-corrected chi connectivity index (χ4v) is 3.03. The van der Waals surface area contributed by atoms with Crippen LogP contribution in [0.3, 0.4) is 0 Å². The van der Waals surface area contributed by atoms with E-state index in [1.807, 2.05) is 43.3 Å². The molecule has 6 heteroatoms. The number of hydrogen-bond acceptors (Lipinski definition) is 5. The number of nitrogens with zero attached hydrogens (tertiary/aromatic N) is 2. The Kier molecular flexibility index (Phi) is 7.36. The van der Waals surface area contributed by atoms with Gasteiger partial charge in [0.05, 0.1) is 6.42 Å². The number of aliphatic hydroxyl groups excluding tert-OH is 1. The van der Waals surface area contributed by atoms with Crippen LogP contribution in [-0.4, -0.2) is 48.7 Å². The van der Waals surface area contributed by atoms with Crippen LogP contribution in [-0.2, 0) is 9.59 Å². The Balaban J connectivity index is 1.98. The summed E-state index contributed by atoms with van der Waals surface area (Å²) < 4.78 is 0. The van der Waals surface area contributed by atoms with Crippen LogP contribution >= 0.6 is 0 Å². The van der Waals surface area contributed by atoms with Gasteiger partial charge in [-0.25, -0.2) is 0 Å². The minimum atomic E-state index is -1.05. The summed E-state index contributed by atoms with van der Waals surface area (Å²) in [5, 5.41) is 10.3. The molecule has 0 radical (unpaired) electrons. The SMILES string of the molecule is CN(C)c1ccc(/C=C2\CC(=O)N(C(O)CCCCCCN)C2=O)cc1. The van der Waals surface area contributed by atoms with E-state index in [0.717, 1.165) is 41.8 Å². The lowest BCUT2D eigenvalue weighted by molar-refractivity contribution is -0.148. The summed E-state index contributed by atoms with van der Waals surface area (Å²) in [6.07, 6.45) is 4.79. The van der Waals surface area contributed by atoms with Gasteiger partial charge in [-0.3, -0.25) is 14.5 Å². The summed E-state index contributed by atoms with van der Waals surface area (Å²) in [5.74, 6) is -0.721. The van der Waals surface area contributed by atoms with Crippen LogP contribution in [0.2, 0.25) is 0 Å². The first kappa shape index (κ1) is 20.1. The summed E-state index contributed by atoms with van der Waals surface area (Å²) in [6, 6.07) is 7.75. The summed E-state index contributed by atoms with van der Waals surface area (Å²) in [4.78, 5) is 27.7. The molecule has 0 bridgehead atoms. The first-order valence-corrected chi connectivity index (χ1v) is 9.16. The molecule has 2 rings (SSSR count). The van der Waals surface area contributed by atoms with Crippen molar-refractivity contribution in [3.05, 3.63) is 35.4 Å². The van der Waals surface area contributed by atoms with Gasteiger partial charge >= 0.3 is 0 Å². The normalized spacial score (nSPS) is 17.2. The fourth-order valence-electron chi connectivity index (χ4n) is 3.03. The van der Waals surface area contributed by atoms with Gasteiger partial charge in [0.25, 0.3) is 5.91 Å². The molecule has 2 amide bonds. The maximum atomic E-state index is 12.5. The predicted octanol–water partition coefficient (Wildman–Crippen LogP) is 2.12. The lowest BCUT2D eigenvalue weighted by Crippen LogP contribution is -2.39. The average molecular weight is 359 g/mol. The number of unbranched alkanes of at least 4 members (excludes halogenated alkanes) is 3. The third-order valence-electron chi connectivity index (χ3n) is 4.57. The Hall–Kier alpha value is -2.18. The van der Waals surface area contributed by atoms with Gasteiger partial charge < -0.3 is 15.7 Å². The third kappa shape index (κ3) is 5.16. The zero-order valence-electron chi connectivity index (χ0n) is 15.6. The number of hydrogen-bond donors (Lipinski definition) is 2. The molecule has 1 aliphatic heterocycles. The van der Waals surface area contributed by atoms with Crippen molar-refractivity contribution in [3.8, 4) is 0 Å². The summed E-state index contributed by atoms with van der Waals surface area (Å²) in [6.45, 7) is 0.662. The highest BCUT2D eigenvalue weighted by Gasteiger charge is 2.37. The lowest BCUT2D eigenvalue weighted by atomic mass is 10.1. The Morgan fingerprint density at radius 1 is 1.15 bits per heavy atom. The highest BCUT2D eigenvalue weighted by molar-refractivity contribution is 6.15. The molecule has 1 unspecified atom stereocenters. The number of benzene rings is 1. The third-order valence-corrected chi connectivity index (χ3v) is 4.57. The Bertz CT molecular complexity index is 653. The summed E-state index contributed by atoms with van der Waals surface area (Å²) >= 11 is 0. The average Bonchev–Trinajstić information content (AvgIpc) is 2.88. The van der Waals surface area contributed by atoms with Crippen molar-refractivity contribution in [1.29, 1.82) is 0 Å². The molecule has 1 fully saturated rings. The van der Waals surface area contributed by atoms with E-state index in [9.17, 15) is 14.7 Å². The lowest BCUT2D eigenvalue weighted by Gasteiger charge is -2.20. The number of nitrogens with two attached hydrogens (primary N) is 1. The highest BCUT2D eigenvalue weighted by atomic mass is 16.3. The number of likely N-dealkylation sites (tertiary alicyclic amines) is 1. The van der Waals surface area contributed by atoms with Crippen molar-refractivity contribution in [2.45, 2.75) is 44.8 Å². The zero-order chi connectivity index (χ0) is 19.1. The molecule has 0 spiro atoms. The topological polar surface area (TPSA) is 86.9 Å². The Labute approximate surface area is 155 Å². The molecule has 1 aromatic rings. The summed E-state index contributed by atoms with van der Waals surface area (Å²) in [7, 11) is 3.92. The number of amides is 2. The van der Waals surface area contributed by atoms with E-state index < -0.39 is 6.23 Å². The Morgan fingerprint density at radius 2 is 1.81 bits per heavy atom. The molecule has 3 N–H and O–H groups in total. The molecule has 142 valence electrons. The first-order valence-electron chi connectivity index (χ1n) is 9.16. The molecule has 1 saturated heterocycles. The van der Waals surface area contributed by atoms with E-state index in [2.05, 4.69) is 0 Å². The van der Waals surface area contributed by atoms with Crippen LogP contribution in [0.25, 0.3) is 6.08 Å². The van der Waals surface area contributed by atoms with Gasteiger partial charge in [-0.05, 0) is 49.6 Å². The second kappa shape index (κ2) is 9.50. The largest absolute Gasteiger partial charge is 0.378 e. The van der Waals surface area contributed by atoms with E-state index in [0.29, 0.717) is 18.5 Å². The van der Waals surface area contributed by atoms with Gasteiger partial charge in [-0.15, -0.1) is 0 Å². The molecule has 0 aliphatic carbocycles. The van der Waals surface area contributed by atoms with Crippen LogP contribution in [0.1, 0.15) is 44.1 Å². The van der Waals surface area contributed by atoms with E-state index in [1.165, 1.54) is 0 Å². The molecule has 0 saturated carbocycles. The predicted molar refractivity (Wildman–Crippen MR) is 103 cm³/mol.